The minimum atomic E-state index is -0.826. The van der Waals surface area contributed by atoms with E-state index in [9.17, 15) is 9.90 Å². The fraction of sp³-hybridized carbons (Fsp3) is 0.167. The molecule has 22 heavy (non-hydrogen) atoms. The normalized spacial score (nSPS) is 11.0. The van der Waals surface area contributed by atoms with Crippen LogP contribution >= 0.6 is 15.9 Å². The zero-order valence-corrected chi connectivity index (χ0v) is 14.0. The number of aliphatic carboxylic acids is 1. The lowest BCUT2D eigenvalue weighted by Gasteiger charge is -2.05. The maximum absolute atomic E-state index is 11.3. The second kappa shape index (κ2) is 5.61. The minimum Gasteiger partial charge on any atom is -0.481 e. The van der Waals surface area contributed by atoms with Crippen molar-refractivity contribution in [1.82, 2.24) is 4.98 Å². The Morgan fingerprint density at radius 1 is 1.23 bits per heavy atom. The Balaban J connectivity index is 2.36. The third-order valence-corrected chi connectivity index (χ3v) is 4.52. The van der Waals surface area contributed by atoms with E-state index in [1.165, 1.54) is 0 Å². The molecule has 0 spiro atoms. The van der Waals surface area contributed by atoms with Crippen molar-refractivity contribution >= 4 is 32.8 Å². The van der Waals surface area contributed by atoms with E-state index in [4.69, 9.17) is 0 Å². The lowest BCUT2D eigenvalue weighted by molar-refractivity contribution is -0.136. The topological polar surface area (TPSA) is 53.1 Å². The molecular formula is C18H16BrNO2. The summed E-state index contributed by atoms with van der Waals surface area (Å²) in [5.41, 5.74) is 5.95. The van der Waals surface area contributed by atoms with Crippen molar-refractivity contribution < 1.29 is 9.90 Å². The Morgan fingerprint density at radius 2 is 1.95 bits per heavy atom. The second-order valence-electron chi connectivity index (χ2n) is 5.53. The zero-order chi connectivity index (χ0) is 15.9. The molecule has 4 heteroatoms. The Morgan fingerprint density at radius 3 is 2.64 bits per heavy atom. The first-order valence-electron chi connectivity index (χ1n) is 7.06. The van der Waals surface area contributed by atoms with Gasteiger partial charge >= 0.3 is 5.97 Å². The largest absolute Gasteiger partial charge is 0.481 e. The Kier molecular flexibility index (Phi) is 3.79. The van der Waals surface area contributed by atoms with Crippen LogP contribution in [-0.4, -0.2) is 16.1 Å². The molecule has 1 heterocycles. The molecule has 1 aromatic heterocycles. The van der Waals surface area contributed by atoms with Gasteiger partial charge in [-0.25, -0.2) is 0 Å². The summed E-state index contributed by atoms with van der Waals surface area (Å²) >= 11 is 3.56. The molecule has 2 N–H and O–H groups in total. The van der Waals surface area contributed by atoms with Gasteiger partial charge in [0.2, 0.25) is 0 Å². The minimum absolute atomic E-state index is 0.000436. The van der Waals surface area contributed by atoms with Gasteiger partial charge in [-0.2, -0.15) is 0 Å². The molecule has 0 amide bonds. The average molecular weight is 358 g/mol. The van der Waals surface area contributed by atoms with Gasteiger partial charge in [-0.15, -0.1) is 0 Å². The van der Waals surface area contributed by atoms with Crippen molar-refractivity contribution in [3.8, 4) is 11.3 Å². The van der Waals surface area contributed by atoms with E-state index in [-0.39, 0.29) is 6.42 Å². The number of nitrogens with one attached hydrogen (secondary N) is 1. The zero-order valence-electron chi connectivity index (χ0n) is 12.4. The van der Waals surface area contributed by atoms with Gasteiger partial charge in [-0.3, -0.25) is 4.79 Å². The molecule has 0 atom stereocenters. The SMILES string of the molecule is Cc1cc(C)c2[nH]c(-c3ccccc3Br)c(CC(=O)O)c2c1. The highest BCUT2D eigenvalue weighted by atomic mass is 79.9. The number of aromatic amines is 1. The lowest BCUT2D eigenvalue weighted by atomic mass is 10.0. The third kappa shape index (κ3) is 2.55. The summed E-state index contributed by atoms with van der Waals surface area (Å²) in [6.07, 6.45) is -0.000436. The number of carboxylic acids is 1. The van der Waals surface area contributed by atoms with Crippen molar-refractivity contribution in [2.24, 2.45) is 0 Å². The molecule has 0 aliphatic carbocycles. The standard InChI is InChI=1S/C18H16BrNO2/c1-10-7-11(2)17-13(8-10)14(9-16(21)22)18(20-17)12-5-3-4-6-15(12)19/h3-8,20H,9H2,1-2H3,(H,21,22). The molecular weight excluding hydrogens is 342 g/mol. The van der Waals surface area contributed by atoms with Crippen LogP contribution in [0.4, 0.5) is 0 Å². The summed E-state index contributed by atoms with van der Waals surface area (Å²) in [7, 11) is 0. The number of aromatic nitrogens is 1. The van der Waals surface area contributed by atoms with Crippen molar-refractivity contribution in [3.05, 3.63) is 57.6 Å². The van der Waals surface area contributed by atoms with E-state index in [2.05, 4.69) is 33.0 Å². The van der Waals surface area contributed by atoms with Crippen LogP contribution in [0.25, 0.3) is 22.2 Å². The van der Waals surface area contributed by atoms with Gasteiger partial charge in [0, 0.05) is 20.9 Å². The Bertz CT molecular complexity index is 880. The lowest BCUT2D eigenvalue weighted by Crippen LogP contribution is -2.01. The summed E-state index contributed by atoms with van der Waals surface area (Å²) in [6, 6.07) is 12.0. The molecule has 0 aliphatic heterocycles. The predicted molar refractivity (Wildman–Crippen MR) is 92.2 cm³/mol. The molecule has 0 saturated heterocycles. The molecule has 3 aromatic rings. The fourth-order valence-corrected chi connectivity index (χ4v) is 3.42. The first-order chi connectivity index (χ1) is 10.5. The fourth-order valence-electron chi connectivity index (χ4n) is 2.94. The molecule has 0 fully saturated rings. The molecule has 0 radical (unpaired) electrons. The van der Waals surface area contributed by atoms with Gasteiger partial charge in [0.1, 0.15) is 0 Å². The molecule has 0 bridgehead atoms. The molecule has 3 nitrogen and oxygen atoms in total. The van der Waals surface area contributed by atoms with Gasteiger partial charge in [0.05, 0.1) is 12.1 Å². The number of halogens is 1. The van der Waals surface area contributed by atoms with Crippen molar-refractivity contribution in [1.29, 1.82) is 0 Å². The first-order valence-corrected chi connectivity index (χ1v) is 7.85. The van der Waals surface area contributed by atoms with E-state index in [1.54, 1.807) is 0 Å². The van der Waals surface area contributed by atoms with Crippen LogP contribution in [0.5, 0.6) is 0 Å². The molecule has 3 rings (SSSR count). The van der Waals surface area contributed by atoms with Crippen LogP contribution in [0.1, 0.15) is 16.7 Å². The van der Waals surface area contributed by atoms with Crippen molar-refractivity contribution in [3.63, 3.8) is 0 Å². The summed E-state index contributed by atoms with van der Waals surface area (Å²) < 4.78 is 0.947. The summed E-state index contributed by atoms with van der Waals surface area (Å²) in [4.78, 5) is 14.8. The first kappa shape index (κ1) is 14.9. The number of hydrogen-bond donors (Lipinski definition) is 2. The van der Waals surface area contributed by atoms with E-state index in [0.717, 1.165) is 43.3 Å². The number of aryl methyl sites for hydroxylation is 2. The second-order valence-corrected chi connectivity index (χ2v) is 6.39. The summed E-state index contributed by atoms with van der Waals surface area (Å²) in [5.74, 6) is -0.826. The number of carboxylic acid groups (broad SMARTS) is 1. The molecule has 0 saturated carbocycles. The molecule has 0 aliphatic rings. The van der Waals surface area contributed by atoms with Crippen LogP contribution in [0.2, 0.25) is 0 Å². The third-order valence-electron chi connectivity index (χ3n) is 3.83. The smallest absolute Gasteiger partial charge is 0.307 e. The van der Waals surface area contributed by atoms with Gasteiger partial charge in [0.15, 0.2) is 0 Å². The van der Waals surface area contributed by atoms with Crippen LogP contribution in [-0.2, 0) is 11.2 Å². The number of carbonyl (C=O) groups is 1. The van der Waals surface area contributed by atoms with E-state index < -0.39 is 5.97 Å². The highest BCUT2D eigenvalue weighted by molar-refractivity contribution is 9.10. The van der Waals surface area contributed by atoms with Crippen LogP contribution in [0, 0.1) is 13.8 Å². The highest BCUT2D eigenvalue weighted by Crippen LogP contribution is 2.36. The van der Waals surface area contributed by atoms with Crippen LogP contribution in [0.3, 0.4) is 0 Å². The number of hydrogen-bond acceptors (Lipinski definition) is 1. The number of rotatable bonds is 3. The van der Waals surface area contributed by atoms with E-state index in [1.807, 2.05) is 38.1 Å². The number of benzene rings is 2. The monoisotopic (exact) mass is 357 g/mol. The predicted octanol–water partition coefficient (Wildman–Crippen LogP) is 4.84. The van der Waals surface area contributed by atoms with Gasteiger partial charge < -0.3 is 10.1 Å². The van der Waals surface area contributed by atoms with E-state index >= 15 is 0 Å². The summed E-state index contributed by atoms with van der Waals surface area (Å²) in [6.45, 7) is 4.07. The number of H-pyrrole nitrogens is 1. The van der Waals surface area contributed by atoms with E-state index in [0.29, 0.717) is 0 Å². The maximum atomic E-state index is 11.3. The Hall–Kier alpha value is -2.07. The average Bonchev–Trinajstić information content (AvgIpc) is 2.78. The van der Waals surface area contributed by atoms with Crippen molar-refractivity contribution in [2.75, 3.05) is 0 Å². The van der Waals surface area contributed by atoms with Crippen LogP contribution < -0.4 is 0 Å². The maximum Gasteiger partial charge on any atom is 0.307 e. The molecule has 2 aromatic carbocycles. The van der Waals surface area contributed by atoms with Crippen molar-refractivity contribution in [2.45, 2.75) is 20.3 Å². The molecule has 0 unspecified atom stereocenters. The van der Waals surface area contributed by atoms with Gasteiger partial charge in [-0.05, 0) is 37.1 Å². The van der Waals surface area contributed by atoms with Gasteiger partial charge in [-0.1, -0.05) is 45.8 Å². The Labute approximate surface area is 137 Å². The number of fused-ring (bicyclic) bond motifs is 1. The van der Waals surface area contributed by atoms with Gasteiger partial charge in [0.25, 0.3) is 0 Å². The highest BCUT2D eigenvalue weighted by Gasteiger charge is 2.18. The summed E-state index contributed by atoms with van der Waals surface area (Å²) in [5, 5.41) is 10.3. The van der Waals surface area contributed by atoms with Crippen LogP contribution in [0.15, 0.2) is 40.9 Å². The quantitative estimate of drug-likeness (QED) is 0.704. The molecule has 112 valence electrons.